The minimum absolute atomic E-state index is 0.199. The van der Waals surface area contributed by atoms with Crippen LogP contribution in [0.2, 0.25) is 0 Å². The number of rotatable bonds is 4. The molecule has 3 heteroatoms. The van der Waals surface area contributed by atoms with E-state index in [0.29, 0.717) is 5.92 Å². The second-order valence-electron chi connectivity index (χ2n) is 12.1. The van der Waals surface area contributed by atoms with Crippen molar-refractivity contribution >= 4 is 22.1 Å². The van der Waals surface area contributed by atoms with Gasteiger partial charge in [-0.25, -0.2) is 0 Å². The first-order chi connectivity index (χ1) is 21.7. The Kier molecular flexibility index (Phi) is 5.67. The average molecular weight is 570 g/mol. The third kappa shape index (κ3) is 3.96. The van der Waals surface area contributed by atoms with E-state index in [1.165, 1.54) is 28.0 Å². The lowest BCUT2D eigenvalue weighted by atomic mass is 9.87. The van der Waals surface area contributed by atoms with Gasteiger partial charge in [-0.05, 0) is 96.6 Å². The number of hydrogen-bond donors (Lipinski definition) is 0. The number of allylic oxidation sites excluding steroid dienone is 6. The second-order valence-corrected chi connectivity index (χ2v) is 12.1. The number of para-hydroxylation sites is 1. The molecule has 0 saturated heterocycles. The van der Waals surface area contributed by atoms with E-state index < -0.39 is 0 Å². The third-order valence-electron chi connectivity index (χ3n) is 9.37. The van der Waals surface area contributed by atoms with E-state index in [1.54, 1.807) is 0 Å². The second kappa shape index (κ2) is 9.89. The lowest BCUT2D eigenvalue weighted by Crippen LogP contribution is -2.30. The van der Waals surface area contributed by atoms with Crippen molar-refractivity contribution in [2.24, 2.45) is 5.92 Å². The van der Waals surface area contributed by atoms with E-state index in [1.807, 2.05) is 0 Å². The monoisotopic (exact) mass is 569 g/mol. The van der Waals surface area contributed by atoms with Gasteiger partial charge in [0, 0.05) is 45.3 Å². The number of fused-ring (bicyclic) bond motifs is 4. The molecule has 44 heavy (non-hydrogen) atoms. The molecule has 0 fully saturated rings. The van der Waals surface area contributed by atoms with Crippen molar-refractivity contribution in [3.8, 4) is 45.3 Å². The zero-order chi connectivity index (χ0) is 29.2. The summed E-state index contributed by atoms with van der Waals surface area (Å²) in [6.07, 6.45) is 18.0. The van der Waals surface area contributed by atoms with Crippen LogP contribution >= 0.6 is 0 Å². The highest BCUT2D eigenvalue weighted by Crippen LogP contribution is 2.55. The molecule has 0 bridgehead atoms. The molecule has 4 aliphatic rings. The van der Waals surface area contributed by atoms with Crippen molar-refractivity contribution in [1.82, 2.24) is 0 Å². The summed E-state index contributed by atoms with van der Waals surface area (Å²) in [5.74, 6) is 4.01. The molecule has 0 saturated carbocycles. The molecular formula is C41H31NO2. The van der Waals surface area contributed by atoms with Crippen LogP contribution in [0.3, 0.4) is 0 Å². The van der Waals surface area contributed by atoms with Crippen molar-refractivity contribution in [2.45, 2.75) is 25.8 Å². The highest BCUT2D eigenvalue weighted by molar-refractivity contribution is 6.14. The topological polar surface area (TPSA) is 21.7 Å². The van der Waals surface area contributed by atoms with Crippen molar-refractivity contribution in [1.29, 1.82) is 0 Å². The largest absolute Gasteiger partial charge is 0.456 e. The number of nitrogens with zero attached hydrogens (tertiary/aromatic N) is 1. The van der Waals surface area contributed by atoms with Crippen LogP contribution in [0.5, 0.6) is 23.0 Å². The standard InChI is InChI=1S/C41H31NO2/c1-26-12-18-32-34-20-23-37-41-35(21-22-36(40(34)41)43-38(32)24-26)33-19-17-31(25-39(33)44-37)42(29-10-6-3-7-11-29)30-15-13-28(14-16-30)27-8-4-2-5-9-27/h2-8,10-15,17-25,27,30H,9,16H2,1H3. The van der Waals surface area contributed by atoms with Gasteiger partial charge in [0.1, 0.15) is 23.0 Å². The third-order valence-corrected chi connectivity index (χ3v) is 9.37. The predicted octanol–water partition coefficient (Wildman–Crippen LogP) is 11.2. The summed E-state index contributed by atoms with van der Waals surface area (Å²) in [5, 5.41) is 2.24. The lowest BCUT2D eigenvalue weighted by molar-refractivity contribution is 0.479. The molecule has 2 heterocycles. The molecule has 0 amide bonds. The zero-order valence-corrected chi connectivity index (χ0v) is 24.5. The number of ether oxygens (including phenoxy) is 2. The summed E-state index contributed by atoms with van der Waals surface area (Å²) in [7, 11) is 0. The summed E-state index contributed by atoms with van der Waals surface area (Å²) in [6.45, 7) is 2.10. The first-order valence-corrected chi connectivity index (χ1v) is 15.5. The molecule has 2 unspecified atom stereocenters. The zero-order valence-electron chi connectivity index (χ0n) is 24.5. The van der Waals surface area contributed by atoms with Gasteiger partial charge in [-0.3, -0.25) is 0 Å². The van der Waals surface area contributed by atoms with Crippen molar-refractivity contribution in [2.75, 3.05) is 4.90 Å². The smallest absolute Gasteiger partial charge is 0.137 e. The van der Waals surface area contributed by atoms with Crippen molar-refractivity contribution in [3.63, 3.8) is 0 Å². The Morgan fingerprint density at radius 2 is 1.32 bits per heavy atom. The summed E-state index contributed by atoms with van der Waals surface area (Å²) < 4.78 is 13.1. The molecule has 5 aromatic rings. The molecule has 212 valence electrons. The Hall–Kier alpha value is -5.28. The lowest BCUT2D eigenvalue weighted by Gasteiger charge is -2.34. The van der Waals surface area contributed by atoms with Crippen molar-refractivity contribution in [3.05, 3.63) is 145 Å². The maximum atomic E-state index is 6.72. The van der Waals surface area contributed by atoms with Gasteiger partial charge in [-0.1, -0.05) is 72.9 Å². The SMILES string of the molecule is Cc1ccc2c(c1)Oc1ccc3c4c(ccc-2c14)Oc1cc(N(c2ccccc2)C2C=CC(C4C=CC=CC4)=CC2)ccc1-3. The van der Waals surface area contributed by atoms with Gasteiger partial charge in [-0.2, -0.15) is 0 Å². The van der Waals surface area contributed by atoms with E-state index in [9.17, 15) is 0 Å². The molecule has 2 aliphatic heterocycles. The van der Waals surface area contributed by atoms with Gasteiger partial charge in [0.25, 0.3) is 0 Å². The number of aryl methyl sites for hydroxylation is 1. The van der Waals surface area contributed by atoms with Crippen LogP contribution in [0.1, 0.15) is 18.4 Å². The first kappa shape index (κ1) is 25.2. The minimum atomic E-state index is 0.199. The Labute approximate surface area is 257 Å². The summed E-state index contributed by atoms with van der Waals surface area (Å²) in [6, 6.07) is 32.6. The van der Waals surface area contributed by atoms with Gasteiger partial charge < -0.3 is 14.4 Å². The van der Waals surface area contributed by atoms with Gasteiger partial charge in [0.05, 0.1) is 6.04 Å². The number of hydrogen-bond acceptors (Lipinski definition) is 3. The van der Waals surface area contributed by atoms with Gasteiger partial charge >= 0.3 is 0 Å². The molecule has 0 radical (unpaired) electrons. The van der Waals surface area contributed by atoms with Crippen LogP contribution in [-0.4, -0.2) is 6.04 Å². The van der Waals surface area contributed by atoms with E-state index in [4.69, 9.17) is 9.47 Å². The first-order valence-electron chi connectivity index (χ1n) is 15.5. The van der Waals surface area contributed by atoms with Crippen LogP contribution in [0.4, 0.5) is 11.4 Å². The van der Waals surface area contributed by atoms with Crippen molar-refractivity contribution < 1.29 is 9.47 Å². The normalized spacial score (nSPS) is 18.6. The van der Waals surface area contributed by atoms with Crippen LogP contribution in [0, 0.1) is 12.8 Å². The van der Waals surface area contributed by atoms with E-state index in [-0.39, 0.29) is 6.04 Å². The van der Waals surface area contributed by atoms with Gasteiger partial charge in [-0.15, -0.1) is 0 Å². The van der Waals surface area contributed by atoms with Crippen LogP contribution in [0.25, 0.3) is 33.0 Å². The molecule has 2 aliphatic carbocycles. The Bertz CT molecular complexity index is 2100. The Balaban J connectivity index is 1.12. The number of benzene rings is 5. The van der Waals surface area contributed by atoms with Gasteiger partial charge in [0.2, 0.25) is 0 Å². The predicted molar refractivity (Wildman–Crippen MR) is 180 cm³/mol. The minimum Gasteiger partial charge on any atom is -0.456 e. The van der Waals surface area contributed by atoms with E-state index in [0.717, 1.165) is 63.4 Å². The molecule has 3 nitrogen and oxygen atoms in total. The molecule has 5 aromatic carbocycles. The highest BCUT2D eigenvalue weighted by Gasteiger charge is 2.29. The fourth-order valence-corrected chi connectivity index (χ4v) is 7.23. The maximum absolute atomic E-state index is 6.72. The van der Waals surface area contributed by atoms with Gasteiger partial charge in [0.15, 0.2) is 0 Å². The molecular weight excluding hydrogens is 538 g/mol. The molecule has 2 atom stereocenters. The molecule has 0 spiro atoms. The fourth-order valence-electron chi connectivity index (χ4n) is 7.23. The van der Waals surface area contributed by atoms with Crippen LogP contribution in [-0.2, 0) is 0 Å². The Morgan fingerprint density at radius 3 is 2.00 bits per heavy atom. The Morgan fingerprint density at radius 1 is 0.614 bits per heavy atom. The summed E-state index contributed by atoms with van der Waals surface area (Å²) in [5.41, 5.74) is 9.47. The van der Waals surface area contributed by atoms with E-state index in [2.05, 4.69) is 145 Å². The number of anilines is 2. The van der Waals surface area contributed by atoms with E-state index >= 15 is 0 Å². The van der Waals surface area contributed by atoms with Crippen LogP contribution in [0.15, 0.2) is 139 Å². The fraction of sp³-hybridized carbons (Fsp3) is 0.122. The molecule has 0 N–H and O–H groups in total. The average Bonchev–Trinajstić information content (AvgIpc) is 3.07. The summed E-state index contributed by atoms with van der Waals surface area (Å²) >= 11 is 0. The molecule has 9 rings (SSSR count). The van der Waals surface area contributed by atoms with Crippen LogP contribution < -0.4 is 14.4 Å². The summed E-state index contributed by atoms with van der Waals surface area (Å²) in [4.78, 5) is 2.44. The quantitative estimate of drug-likeness (QED) is 0.210. The highest BCUT2D eigenvalue weighted by atomic mass is 16.5. The molecule has 0 aromatic heterocycles. The maximum Gasteiger partial charge on any atom is 0.137 e.